The molecular formula is C38H46N4O4. The maximum atomic E-state index is 13.2. The summed E-state index contributed by atoms with van der Waals surface area (Å²) in [5.74, 6) is 0.357. The normalized spacial score (nSPS) is 18.8. The Hall–Kier alpha value is -4.72. The van der Waals surface area contributed by atoms with Gasteiger partial charge in [0.1, 0.15) is 23.8 Å². The predicted octanol–water partition coefficient (Wildman–Crippen LogP) is 8.03. The molecule has 0 bridgehead atoms. The number of amides is 1. The number of carbonyl (C=O) groups excluding carboxylic acids is 2. The minimum absolute atomic E-state index is 0.0847. The van der Waals surface area contributed by atoms with Crippen LogP contribution in [-0.2, 0) is 17.9 Å². The first-order valence-electron chi connectivity index (χ1n) is 15.9. The van der Waals surface area contributed by atoms with E-state index in [0.717, 1.165) is 30.5 Å². The lowest BCUT2D eigenvalue weighted by atomic mass is 9.87. The first-order valence-corrected chi connectivity index (χ1v) is 15.9. The maximum absolute atomic E-state index is 13.2. The Labute approximate surface area is 272 Å². The molecule has 0 spiro atoms. The molecule has 2 heterocycles. The van der Waals surface area contributed by atoms with E-state index in [-0.39, 0.29) is 35.0 Å². The standard InChI is InChI=1S/C38H46N4O4/c1-27(2)31-13-10-30(11-14-31)12-17-35(43)34-16-15-33(24-36(34)44)46-23-22-41-25-32(39-40-41)26-42-29(4)9-7-8-28(3)18-20-38(5,6)21-19-37(42)45/h9-19,21,24-25,27,44H,7-8,20,22-23,26H2,1-6H3/b17-12+,21-19+,28-18+,29-9+. The fourth-order valence-corrected chi connectivity index (χ4v) is 4.99. The van der Waals surface area contributed by atoms with Crippen molar-refractivity contribution < 1.29 is 19.4 Å². The lowest BCUT2D eigenvalue weighted by molar-refractivity contribution is -0.124. The molecule has 2 aromatic carbocycles. The third-order valence-corrected chi connectivity index (χ3v) is 8.08. The number of hydrogen-bond donors (Lipinski definition) is 1. The van der Waals surface area contributed by atoms with E-state index in [0.29, 0.717) is 30.5 Å². The second kappa shape index (κ2) is 15.5. The summed E-state index contributed by atoms with van der Waals surface area (Å²) in [4.78, 5) is 27.7. The number of benzene rings is 2. The van der Waals surface area contributed by atoms with Crippen molar-refractivity contribution in [2.75, 3.05) is 6.61 Å². The van der Waals surface area contributed by atoms with Crippen molar-refractivity contribution in [1.82, 2.24) is 19.9 Å². The monoisotopic (exact) mass is 622 g/mol. The van der Waals surface area contributed by atoms with Crippen LogP contribution >= 0.6 is 0 Å². The van der Waals surface area contributed by atoms with E-state index in [1.807, 2.05) is 31.3 Å². The van der Waals surface area contributed by atoms with Gasteiger partial charge in [0, 0.05) is 17.8 Å². The summed E-state index contributed by atoms with van der Waals surface area (Å²) < 4.78 is 7.49. The van der Waals surface area contributed by atoms with Gasteiger partial charge < -0.3 is 14.7 Å². The molecule has 1 N–H and O–H groups in total. The van der Waals surface area contributed by atoms with Gasteiger partial charge >= 0.3 is 0 Å². The zero-order valence-corrected chi connectivity index (χ0v) is 27.9. The van der Waals surface area contributed by atoms with Crippen LogP contribution in [0.1, 0.15) is 93.9 Å². The lowest BCUT2D eigenvalue weighted by Crippen LogP contribution is -2.28. The van der Waals surface area contributed by atoms with Crippen LogP contribution in [0.5, 0.6) is 11.5 Å². The number of hydrogen-bond acceptors (Lipinski definition) is 6. The largest absolute Gasteiger partial charge is 0.507 e. The zero-order chi connectivity index (χ0) is 33.3. The summed E-state index contributed by atoms with van der Waals surface area (Å²) >= 11 is 0. The molecule has 8 nitrogen and oxygen atoms in total. The van der Waals surface area contributed by atoms with Gasteiger partial charge in [-0.2, -0.15) is 0 Å². The molecule has 1 aromatic heterocycles. The van der Waals surface area contributed by atoms with E-state index in [4.69, 9.17) is 4.74 Å². The Morgan fingerprint density at radius 2 is 1.87 bits per heavy atom. The van der Waals surface area contributed by atoms with Crippen LogP contribution in [0.3, 0.4) is 0 Å². The molecule has 4 rings (SSSR count). The smallest absolute Gasteiger partial charge is 0.250 e. The summed E-state index contributed by atoms with van der Waals surface area (Å²) in [6, 6.07) is 12.7. The highest BCUT2D eigenvalue weighted by atomic mass is 16.5. The summed E-state index contributed by atoms with van der Waals surface area (Å²) in [5.41, 5.74) is 5.14. The van der Waals surface area contributed by atoms with Crippen molar-refractivity contribution in [3.8, 4) is 11.5 Å². The molecule has 1 aliphatic rings. The SMILES string of the molecule is C/C1=C\CC(C)(C)/C=C/C(=O)N(Cc2cn(CCOc3ccc(C(=O)/C=C/c4ccc(C(C)C)cc4)c(O)c3)nn2)/C(C)=C/CC1. The molecule has 1 amide bonds. The molecule has 0 radical (unpaired) electrons. The van der Waals surface area contributed by atoms with Crippen LogP contribution < -0.4 is 4.74 Å². The minimum Gasteiger partial charge on any atom is -0.507 e. The summed E-state index contributed by atoms with van der Waals surface area (Å²) in [6.07, 6.45) is 15.7. The van der Waals surface area contributed by atoms with E-state index in [2.05, 4.69) is 69.2 Å². The van der Waals surface area contributed by atoms with E-state index in [1.54, 1.807) is 33.9 Å². The van der Waals surface area contributed by atoms with Crippen LogP contribution in [-0.4, -0.2) is 43.3 Å². The summed E-state index contributed by atoms with van der Waals surface area (Å²) in [7, 11) is 0. The Morgan fingerprint density at radius 1 is 1.11 bits per heavy atom. The van der Waals surface area contributed by atoms with Crippen LogP contribution in [0.2, 0.25) is 0 Å². The second-order valence-electron chi connectivity index (χ2n) is 12.9. The molecule has 242 valence electrons. The van der Waals surface area contributed by atoms with Crippen molar-refractivity contribution >= 4 is 17.8 Å². The van der Waals surface area contributed by atoms with Crippen LogP contribution in [0, 0.1) is 5.41 Å². The van der Waals surface area contributed by atoms with Crippen LogP contribution in [0.15, 0.2) is 90.3 Å². The summed E-state index contributed by atoms with van der Waals surface area (Å²) in [5, 5.41) is 19.0. The van der Waals surface area contributed by atoms with Crippen molar-refractivity contribution in [3.05, 3.63) is 113 Å². The minimum atomic E-state index is -0.292. The van der Waals surface area contributed by atoms with Gasteiger partial charge in [-0.15, -0.1) is 5.10 Å². The van der Waals surface area contributed by atoms with Gasteiger partial charge in [0.05, 0.1) is 24.8 Å². The van der Waals surface area contributed by atoms with Gasteiger partial charge in [-0.05, 0) is 73.8 Å². The Kier molecular flexibility index (Phi) is 11.5. The maximum Gasteiger partial charge on any atom is 0.250 e. The van der Waals surface area contributed by atoms with Crippen molar-refractivity contribution in [2.24, 2.45) is 5.41 Å². The molecule has 0 saturated heterocycles. The van der Waals surface area contributed by atoms with Crippen molar-refractivity contribution in [3.63, 3.8) is 0 Å². The van der Waals surface area contributed by atoms with E-state index in [1.165, 1.54) is 23.3 Å². The topological polar surface area (TPSA) is 97.5 Å². The third-order valence-electron chi connectivity index (χ3n) is 8.08. The molecule has 0 fully saturated rings. The van der Waals surface area contributed by atoms with Crippen molar-refractivity contribution in [2.45, 2.75) is 79.8 Å². The number of rotatable bonds is 10. The quantitative estimate of drug-likeness (QED) is 0.140. The number of carbonyl (C=O) groups is 2. The molecule has 0 saturated carbocycles. The van der Waals surface area contributed by atoms with E-state index >= 15 is 0 Å². The van der Waals surface area contributed by atoms with Crippen molar-refractivity contribution in [1.29, 1.82) is 0 Å². The fraction of sp³-hybridized carbons (Fsp3) is 0.368. The molecule has 0 atom stereocenters. The third kappa shape index (κ3) is 9.89. The van der Waals surface area contributed by atoms with Gasteiger partial charge in [-0.1, -0.05) is 87.1 Å². The van der Waals surface area contributed by atoms with Crippen LogP contribution in [0.4, 0.5) is 0 Å². The van der Waals surface area contributed by atoms with Gasteiger partial charge in [-0.25, -0.2) is 4.68 Å². The number of aromatic nitrogens is 3. The Bertz CT molecular complexity index is 1640. The highest BCUT2D eigenvalue weighted by Crippen LogP contribution is 2.27. The predicted molar refractivity (Wildman–Crippen MR) is 182 cm³/mol. The molecular weight excluding hydrogens is 576 g/mol. The first kappa shape index (κ1) is 34.2. The fourth-order valence-electron chi connectivity index (χ4n) is 4.99. The summed E-state index contributed by atoms with van der Waals surface area (Å²) in [6.45, 7) is 13.6. The van der Waals surface area contributed by atoms with Crippen LogP contribution in [0.25, 0.3) is 6.08 Å². The van der Waals surface area contributed by atoms with Gasteiger partial charge in [0.2, 0.25) is 0 Å². The Morgan fingerprint density at radius 3 is 2.59 bits per heavy atom. The van der Waals surface area contributed by atoms with Gasteiger partial charge in [-0.3, -0.25) is 9.59 Å². The average Bonchev–Trinajstić information content (AvgIpc) is 3.47. The zero-order valence-electron chi connectivity index (χ0n) is 27.9. The van der Waals surface area contributed by atoms with Gasteiger partial charge in [0.15, 0.2) is 5.78 Å². The molecule has 0 aliphatic carbocycles. The average molecular weight is 623 g/mol. The highest BCUT2D eigenvalue weighted by molar-refractivity contribution is 6.08. The number of aromatic hydroxyl groups is 1. The van der Waals surface area contributed by atoms with E-state index < -0.39 is 0 Å². The molecule has 0 unspecified atom stereocenters. The molecule has 1 aliphatic heterocycles. The molecule has 46 heavy (non-hydrogen) atoms. The van der Waals surface area contributed by atoms with Gasteiger partial charge in [0.25, 0.3) is 5.91 Å². The number of allylic oxidation sites excluding steroid dienone is 6. The number of phenols is 1. The number of phenolic OH excluding ortho intramolecular Hbond substituents is 1. The Balaban J connectivity index is 1.33. The molecule has 3 aromatic rings. The number of ketones is 1. The highest BCUT2D eigenvalue weighted by Gasteiger charge is 2.19. The first-order chi connectivity index (χ1) is 21.9. The lowest BCUT2D eigenvalue weighted by Gasteiger charge is -2.23. The molecule has 8 heteroatoms. The van der Waals surface area contributed by atoms with E-state index in [9.17, 15) is 14.7 Å². The second-order valence-corrected chi connectivity index (χ2v) is 12.9. The number of ether oxygens (including phenoxy) is 1. The number of nitrogens with zero attached hydrogens (tertiary/aromatic N) is 4.